The molecule has 0 aromatic rings. The maximum Gasteiger partial charge on any atom is 0.508 e. The zero-order valence-electron chi connectivity index (χ0n) is 8.10. The highest BCUT2D eigenvalue weighted by Gasteiger charge is 2.44. The van der Waals surface area contributed by atoms with Gasteiger partial charge in [-0.2, -0.15) is 0 Å². The Morgan fingerprint density at radius 2 is 2.36 bits per heavy atom. The lowest BCUT2D eigenvalue weighted by Crippen LogP contribution is -2.26. The van der Waals surface area contributed by atoms with Crippen molar-refractivity contribution in [3.8, 4) is 0 Å². The third-order valence-electron chi connectivity index (χ3n) is 2.49. The normalized spacial score (nSPS) is 35.4. The van der Waals surface area contributed by atoms with Crippen LogP contribution in [0, 0.1) is 5.92 Å². The smallest absolute Gasteiger partial charge is 0.435 e. The third-order valence-corrected chi connectivity index (χ3v) is 2.49. The number of carbonyl (C=O) groups is 1. The van der Waals surface area contributed by atoms with Crippen LogP contribution in [0.25, 0.3) is 0 Å². The van der Waals surface area contributed by atoms with Crippen LogP contribution >= 0.6 is 0 Å². The number of ether oxygens (including phenoxy) is 4. The Hall–Kier alpha value is -0.810. The molecular formula is C9H14O5. The lowest BCUT2D eigenvalue weighted by molar-refractivity contribution is -0.0908. The molecular weight excluding hydrogens is 188 g/mol. The first kappa shape index (κ1) is 9.73. The van der Waals surface area contributed by atoms with E-state index in [1.54, 1.807) is 6.92 Å². The van der Waals surface area contributed by atoms with Crippen LogP contribution in [0.2, 0.25) is 0 Å². The SMILES string of the molecule is CCOC(=O)O[C@H]1CO[C@H]2OCC[C@H]21. The summed E-state index contributed by atoms with van der Waals surface area (Å²) in [6, 6.07) is 0. The molecule has 0 aromatic heterocycles. The van der Waals surface area contributed by atoms with E-state index in [-0.39, 0.29) is 18.3 Å². The minimum Gasteiger partial charge on any atom is -0.435 e. The Labute approximate surface area is 82.3 Å². The molecule has 2 aliphatic heterocycles. The zero-order chi connectivity index (χ0) is 9.97. The number of carbonyl (C=O) groups excluding carboxylic acids is 1. The highest BCUT2D eigenvalue weighted by atomic mass is 16.7. The lowest BCUT2D eigenvalue weighted by atomic mass is 10.0. The summed E-state index contributed by atoms with van der Waals surface area (Å²) in [4.78, 5) is 11.0. The fourth-order valence-corrected chi connectivity index (χ4v) is 1.82. The van der Waals surface area contributed by atoms with E-state index in [2.05, 4.69) is 0 Å². The van der Waals surface area contributed by atoms with Crippen LogP contribution in [0.3, 0.4) is 0 Å². The molecule has 5 nitrogen and oxygen atoms in total. The Kier molecular flexibility index (Phi) is 2.88. The predicted molar refractivity (Wildman–Crippen MR) is 45.7 cm³/mol. The second kappa shape index (κ2) is 4.14. The number of hydrogen-bond donors (Lipinski definition) is 0. The van der Waals surface area contributed by atoms with Crippen molar-refractivity contribution in [3.05, 3.63) is 0 Å². The van der Waals surface area contributed by atoms with Crippen LogP contribution in [-0.4, -0.2) is 38.4 Å². The largest absolute Gasteiger partial charge is 0.508 e. The molecule has 80 valence electrons. The van der Waals surface area contributed by atoms with Gasteiger partial charge in [-0.1, -0.05) is 0 Å². The van der Waals surface area contributed by atoms with Gasteiger partial charge in [0.15, 0.2) is 6.29 Å². The molecule has 0 amide bonds. The monoisotopic (exact) mass is 202 g/mol. The fourth-order valence-electron chi connectivity index (χ4n) is 1.82. The Balaban J connectivity index is 1.83. The summed E-state index contributed by atoms with van der Waals surface area (Å²) in [6.07, 6.45) is -0.126. The van der Waals surface area contributed by atoms with Crippen molar-refractivity contribution < 1.29 is 23.7 Å². The van der Waals surface area contributed by atoms with Crippen molar-refractivity contribution in [1.29, 1.82) is 0 Å². The van der Waals surface area contributed by atoms with Gasteiger partial charge in [0, 0.05) is 0 Å². The van der Waals surface area contributed by atoms with E-state index in [4.69, 9.17) is 18.9 Å². The molecule has 0 spiro atoms. The van der Waals surface area contributed by atoms with Gasteiger partial charge in [-0.3, -0.25) is 0 Å². The molecule has 2 saturated heterocycles. The van der Waals surface area contributed by atoms with E-state index in [1.165, 1.54) is 0 Å². The summed E-state index contributed by atoms with van der Waals surface area (Å²) < 4.78 is 20.4. The van der Waals surface area contributed by atoms with Crippen LogP contribution in [0.5, 0.6) is 0 Å². The van der Waals surface area contributed by atoms with Crippen LogP contribution in [-0.2, 0) is 18.9 Å². The van der Waals surface area contributed by atoms with Crippen molar-refractivity contribution in [1.82, 2.24) is 0 Å². The molecule has 2 fully saturated rings. The maximum atomic E-state index is 11.0. The predicted octanol–water partition coefficient (Wildman–Crippen LogP) is 0.921. The van der Waals surface area contributed by atoms with Gasteiger partial charge >= 0.3 is 6.16 Å². The molecule has 0 saturated carbocycles. The summed E-state index contributed by atoms with van der Waals surface area (Å²) in [5.41, 5.74) is 0. The van der Waals surface area contributed by atoms with Crippen molar-refractivity contribution in [2.45, 2.75) is 25.7 Å². The Morgan fingerprint density at radius 1 is 1.50 bits per heavy atom. The van der Waals surface area contributed by atoms with Crippen molar-refractivity contribution in [2.75, 3.05) is 19.8 Å². The average molecular weight is 202 g/mol. The topological polar surface area (TPSA) is 54.0 Å². The summed E-state index contributed by atoms with van der Waals surface area (Å²) in [5.74, 6) is 0.180. The van der Waals surface area contributed by atoms with Crippen LogP contribution in [0.1, 0.15) is 13.3 Å². The number of rotatable bonds is 2. The highest BCUT2D eigenvalue weighted by molar-refractivity contribution is 5.60. The zero-order valence-corrected chi connectivity index (χ0v) is 8.10. The average Bonchev–Trinajstić information content (AvgIpc) is 2.70. The Morgan fingerprint density at radius 3 is 3.14 bits per heavy atom. The second-order valence-electron chi connectivity index (χ2n) is 3.36. The molecule has 0 bridgehead atoms. The molecule has 0 unspecified atom stereocenters. The molecule has 5 heteroatoms. The van der Waals surface area contributed by atoms with Crippen LogP contribution in [0.4, 0.5) is 4.79 Å². The minimum absolute atomic E-state index is 0.180. The van der Waals surface area contributed by atoms with Crippen molar-refractivity contribution >= 4 is 6.16 Å². The van der Waals surface area contributed by atoms with E-state index < -0.39 is 6.16 Å². The van der Waals surface area contributed by atoms with E-state index >= 15 is 0 Å². The molecule has 0 N–H and O–H groups in total. The van der Waals surface area contributed by atoms with Gasteiger partial charge in [0.2, 0.25) is 0 Å². The van der Waals surface area contributed by atoms with Gasteiger partial charge in [0.05, 0.1) is 25.7 Å². The second-order valence-corrected chi connectivity index (χ2v) is 3.36. The Bertz CT molecular complexity index is 217. The molecule has 0 radical (unpaired) electrons. The number of fused-ring (bicyclic) bond motifs is 1. The third kappa shape index (κ3) is 1.83. The van der Waals surface area contributed by atoms with Crippen molar-refractivity contribution in [2.24, 2.45) is 5.92 Å². The van der Waals surface area contributed by atoms with Gasteiger partial charge < -0.3 is 18.9 Å². The molecule has 3 atom stereocenters. The van der Waals surface area contributed by atoms with Crippen LogP contribution < -0.4 is 0 Å². The lowest BCUT2D eigenvalue weighted by Gasteiger charge is -2.14. The first-order valence-electron chi connectivity index (χ1n) is 4.88. The van der Waals surface area contributed by atoms with E-state index in [0.717, 1.165) is 6.42 Å². The molecule has 0 aliphatic carbocycles. The van der Waals surface area contributed by atoms with Crippen molar-refractivity contribution in [3.63, 3.8) is 0 Å². The summed E-state index contributed by atoms with van der Waals surface area (Å²) in [7, 11) is 0. The van der Waals surface area contributed by atoms with Crippen LogP contribution in [0.15, 0.2) is 0 Å². The quantitative estimate of drug-likeness (QED) is 0.623. The maximum absolute atomic E-state index is 11.0. The van der Waals surface area contributed by atoms with E-state index in [1.807, 2.05) is 0 Å². The molecule has 2 aliphatic rings. The molecule has 0 aromatic carbocycles. The van der Waals surface area contributed by atoms with Gasteiger partial charge in [-0.15, -0.1) is 0 Å². The summed E-state index contributed by atoms with van der Waals surface area (Å²) in [5, 5.41) is 0. The van der Waals surface area contributed by atoms with Gasteiger partial charge in [0.1, 0.15) is 6.10 Å². The van der Waals surface area contributed by atoms with E-state index in [0.29, 0.717) is 19.8 Å². The molecule has 2 rings (SSSR count). The highest BCUT2D eigenvalue weighted by Crippen LogP contribution is 2.32. The van der Waals surface area contributed by atoms with E-state index in [9.17, 15) is 4.79 Å². The van der Waals surface area contributed by atoms with Gasteiger partial charge in [-0.05, 0) is 13.3 Å². The van der Waals surface area contributed by atoms with Gasteiger partial charge in [0.25, 0.3) is 0 Å². The number of hydrogen-bond acceptors (Lipinski definition) is 5. The molecule has 2 heterocycles. The summed E-state index contributed by atoms with van der Waals surface area (Å²) in [6.45, 7) is 3.16. The molecule has 14 heavy (non-hydrogen) atoms. The minimum atomic E-state index is -0.617. The first-order chi connectivity index (χ1) is 6.81. The van der Waals surface area contributed by atoms with Gasteiger partial charge in [-0.25, -0.2) is 4.79 Å². The summed E-state index contributed by atoms with van der Waals surface area (Å²) >= 11 is 0. The first-order valence-corrected chi connectivity index (χ1v) is 4.88. The fraction of sp³-hybridized carbons (Fsp3) is 0.889. The standard InChI is InChI=1S/C9H14O5/c1-2-11-9(10)14-7-5-13-8-6(7)3-4-12-8/h6-8H,2-5H2,1H3/t6-,7-,8+/m0/s1.